The van der Waals surface area contributed by atoms with Gasteiger partial charge in [0.1, 0.15) is 11.6 Å². The Kier molecular flexibility index (Phi) is 6.75. The number of aryl methyl sites for hydroxylation is 2. The van der Waals surface area contributed by atoms with Crippen LogP contribution in [0.1, 0.15) is 11.4 Å². The van der Waals surface area contributed by atoms with E-state index in [9.17, 15) is 0 Å². The molecule has 0 unspecified atom stereocenters. The first-order chi connectivity index (χ1) is 17.3. The minimum absolute atomic E-state index is 0.0720. The van der Waals surface area contributed by atoms with E-state index in [-0.39, 0.29) is 11.8 Å². The molecule has 3 N–H and O–H groups in total. The number of aromatic amines is 2. The van der Waals surface area contributed by atoms with Gasteiger partial charge in [0.25, 0.3) is 0 Å². The number of ether oxygens (including phenoxy) is 1. The average molecular weight is 494 g/mol. The molecule has 1 aliphatic heterocycles. The molecule has 190 valence electrons. The van der Waals surface area contributed by atoms with Crippen LogP contribution in [0.2, 0.25) is 0 Å². The molecule has 3 aromatic heterocycles. The molecule has 4 aromatic rings. The van der Waals surface area contributed by atoms with E-state index in [2.05, 4.69) is 59.3 Å². The van der Waals surface area contributed by atoms with Gasteiger partial charge in [-0.1, -0.05) is 0 Å². The van der Waals surface area contributed by atoms with Crippen LogP contribution >= 0.6 is 0 Å². The third-order valence-electron chi connectivity index (χ3n) is 6.25. The van der Waals surface area contributed by atoms with E-state index in [1.807, 2.05) is 26.0 Å². The maximum atomic E-state index is 15.2. The molecule has 0 radical (unpaired) electrons. The van der Waals surface area contributed by atoms with Crippen molar-refractivity contribution < 1.29 is 9.13 Å². The lowest BCUT2D eigenvalue weighted by Crippen LogP contribution is -2.48. The highest BCUT2D eigenvalue weighted by atomic mass is 19.1. The molecule has 5 rings (SSSR count). The van der Waals surface area contributed by atoms with Crippen LogP contribution in [-0.4, -0.2) is 88.3 Å². The molecule has 36 heavy (non-hydrogen) atoms. The fourth-order valence-corrected chi connectivity index (χ4v) is 4.31. The summed E-state index contributed by atoms with van der Waals surface area (Å²) in [7, 11) is 4.18. The minimum atomic E-state index is -0.446. The molecular weight excluding hydrogens is 461 g/mol. The Morgan fingerprint density at radius 1 is 1.03 bits per heavy atom. The Hall–Kier alpha value is -3.70. The van der Waals surface area contributed by atoms with Crippen LogP contribution in [-0.2, 0) is 0 Å². The normalized spacial score (nSPS) is 14.7. The lowest BCUT2D eigenvalue weighted by molar-refractivity contribution is 0.229. The van der Waals surface area contributed by atoms with Gasteiger partial charge in [-0.3, -0.25) is 10.00 Å². The van der Waals surface area contributed by atoms with E-state index in [0.717, 1.165) is 62.0 Å². The molecule has 0 spiro atoms. The van der Waals surface area contributed by atoms with Crippen LogP contribution in [0.15, 0.2) is 30.3 Å². The van der Waals surface area contributed by atoms with Crippen LogP contribution in [0.4, 0.5) is 21.8 Å². The summed E-state index contributed by atoms with van der Waals surface area (Å²) in [6.45, 7) is 9.41. The zero-order chi connectivity index (χ0) is 25.2. The fourth-order valence-electron chi connectivity index (χ4n) is 4.31. The van der Waals surface area contributed by atoms with Gasteiger partial charge in [0.05, 0.1) is 0 Å². The molecule has 0 amide bonds. The second kappa shape index (κ2) is 10.1. The fraction of sp³-hybridized carbons (Fsp3) is 0.400. The third kappa shape index (κ3) is 5.42. The largest absolute Gasteiger partial charge is 0.421 e. The Morgan fingerprint density at radius 2 is 1.83 bits per heavy atom. The smallest absolute Gasteiger partial charge is 0.326 e. The predicted molar refractivity (Wildman–Crippen MR) is 139 cm³/mol. The zero-order valence-corrected chi connectivity index (χ0v) is 21.1. The van der Waals surface area contributed by atoms with E-state index >= 15 is 4.39 Å². The SMILES string of the molecule is Cc1cc(Nc2cc(N3CCN(CCN(C)C)CC3)nc(Oc3ccc4[nH]c(C)cc4c3F)n2)n[nH]1. The number of hydrogen-bond donors (Lipinski definition) is 3. The first-order valence-corrected chi connectivity index (χ1v) is 12.1. The number of nitrogens with zero attached hydrogens (tertiary/aromatic N) is 6. The van der Waals surface area contributed by atoms with Crippen LogP contribution < -0.4 is 15.0 Å². The summed E-state index contributed by atoms with van der Waals surface area (Å²) in [5.41, 5.74) is 2.52. The summed E-state index contributed by atoms with van der Waals surface area (Å²) < 4.78 is 21.1. The third-order valence-corrected chi connectivity index (χ3v) is 6.25. The number of fused-ring (bicyclic) bond motifs is 1. The van der Waals surface area contributed by atoms with Gasteiger partial charge in [-0.05, 0) is 46.1 Å². The maximum Gasteiger partial charge on any atom is 0.326 e. The first kappa shape index (κ1) is 24.0. The van der Waals surface area contributed by atoms with Crippen molar-refractivity contribution in [2.75, 3.05) is 63.6 Å². The van der Waals surface area contributed by atoms with Gasteiger partial charge in [0.2, 0.25) is 0 Å². The van der Waals surface area contributed by atoms with E-state index in [0.29, 0.717) is 17.0 Å². The Bertz CT molecular complexity index is 1340. The number of anilines is 3. The summed E-state index contributed by atoms with van der Waals surface area (Å²) in [5.74, 6) is 1.51. The Labute approximate surface area is 209 Å². The predicted octanol–water partition coefficient (Wildman–Crippen LogP) is 3.66. The number of benzene rings is 1. The number of H-pyrrole nitrogens is 2. The van der Waals surface area contributed by atoms with Crippen molar-refractivity contribution in [1.29, 1.82) is 0 Å². The molecule has 1 fully saturated rings. The second-order valence-electron chi connectivity index (χ2n) is 9.48. The van der Waals surface area contributed by atoms with Gasteiger partial charge < -0.3 is 24.8 Å². The van der Waals surface area contributed by atoms with Crippen molar-refractivity contribution in [2.45, 2.75) is 13.8 Å². The van der Waals surface area contributed by atoms with E-state index in [1.165, 1.54) is 0 Å². The summed E-state index contributed by atoms with van der Waals surface area (Å²) >= 11 is 0. The highest BCUT2D eigenvalue weighted by molar-refractivity contribution is 5.82. The first-order valence-electron chi connectivity index (χ1n) is 12.1. The molecule has 1 aliphatic rings. The molecule has 0 aliphatic carbocycles. The summed E-state index contributed by atoms with van der Waals surface area (Å²) in [6, 6.07) is 8.98. The molecule has 11 heteroatoms. The van der Waals surface area contributed by atoms with Crippen LogP contribution in [0.5, 0.6) is 11.8 Å². The van der Waals surface area contributed by atoms with Crippen LogP contribution in [0.25, 0.3) is 10.9 Å². The van der Waals surface area contributed by atoms with Gasteiger partial charge in [0, 0.05) is 73.7 Å². The summed E-state index contributed by atoms with van der Waals surface area (Å²) in [6.07, 6.45) is 0. The maximum absolute atomic E-state index is 15.2. The van der Waals surface area contributed by atoms with Gasteiger partial charge >= 0.3 is 6.01 Å². The van der Waals surface area contributed by atoms with Crippen molar-refractivity contribution >= 4 is 28.4 Å². The average Bonchev–Trinajstić information content (AvgIpc) is 3.44. The Balaban J connectivity index is 1.40. The molecule has 1 aromatic carbocycles. The van der Waals surface area contributed by atoms with Gasteiger partial charge in [-0.15, -0.1) is 0 Å². The number of aromatic nitrogens is 5. The summed E-state index contributed by atoms with van der Waals surface area (Å²) in [5, 5.41) is 10.8. The van der Waals surface area contributed by atoms with Crippen molar-refractivity contribution in [3.05, 3.63) is 47.5 Å². The summed E-state index contributed by atoms with van der Waals surface area (Å²) in [4.78, 5) is 19.1. The van der Waals surface area contributed by atoms with Crippen LogP contribution in [0.3, 0.4) is 0 Å². The molecule has 10 nitrogen and oxygen atoms in total. The molecule has 0 saturated carbocycles. The lowest BCUT2D eigenvalue weighted by atomic mass is 10.2. The number of likely N-dealkylation sites (N-methyl/N-ethyl adjacent to an activating group) is 1. The van der Waals surface area contributed by atoms with E-state index in [1.54, 1.807) is 18.2 Å². The van der Waals surface area contributed by atoms with Gasteiger partial charge in [-0.25, -0.2) is 4.39 Å². The monoisotopic (exact) mass is 493 g/mol. The van der Waals surface area contributed by atoms with Gasteiger partial charge in [-0.2, -0.15) is 15.1 Å². The van der Waals surface area contributed by atoms with Crippen molar-refractivity contribution in [3.63, 3.8) is 0 Å². The topological polar surface area (TPSA) is 101 Å². The number of hydrogen-bond acceptors (Lipinski definition) is 8. The lowest BCUT2D eigenvalue weighted by Gasteiger charge is -2.35. The molecular formula is C25H32FN9O. The molecule has 0 atom stereocenters. The highest BCUT2D eigenvalue weighted by Crippen LogP contribution is 2.31. The van der Waals surface area contributed by atoms with Crippen molar-refractivity contribution in [1.82, 2.24) is 34.9 Å². The zero-order valence-electron chi connectivity index (χ0n) is 21.1. The molecule has 0 bridgehead atoms. The highest BCUT2D eigenvalue weighted by Gasteiger charge is 2.21. The number of nitrogens with one attached hydrogen (secondary N) is 3. The Morgan fingerprint density at radius 3 is 2.56 bits per heavy atom. The van der Waals surface area contributed by atoms with Crippen LogP contribution in [0, 0.1) is 19.7 Å². The van der Waals surface area contributed by atoms with E-state index in [4.69, 9.17) is 4.74 Å². The second-order valence-corrected chi connectivity index (χ2v) is 9.48. The number of halogens is 1. The minimum Gasteiger partial charge on any atom is -0.421 e. The number of rotatable bonds is 8. The standard InChI is InChI=1S/C25H32FN9O/c1-16-13-18-19(27-16)5-6-20(24(18)26)36-25-29-21(28-22-14-17(2)31-32-22)15-23(30-25)35-11-9-34(10-12-35)8-7-33(3)4/h5-6,13-15,27H,7-12H2,1-4H3,(H2,28,29,30,31,32). The molecule has 1 saturated heterocycles. The number of piperazine rings is 1. The molecule has 4 heterocycles. The van der Waals surface area contributed by atoms with E-state index < -0.39 is 5.82 Å². The van der Waals surface area contributed by atoms with Crippen molar-refractivity contribution in [3.8, 4) is 11.8 Å². The quantitative estimate of drug-likeness (QED) is 0.342. The van der Waals surface area contributed by atoms with Gasteiger partial charge in [0.15, 0.2) is 17.4 Å². The van der Waals surface area contributed by atoms with Crippen molar-refractivity contribution in [2.24, 2.45) is 0 Å².